The van der Waals surface area contributed by atoms with Gasteiger partial charge in [-0.15, -0.1) is 0 Å². The quantitative estimate of drug-likeness (QED) is 0.868. The summed E-state index contributed by atoms with van der Waals surface area (Å²) in [6, 6.07) is 8.04. The van der Waals surface area contributed by atoms with Gasteiger partial charge in [-0.05, 0) is 26.0 Å². The Morgan fingerprint density at radius 3 is 2.94 bits per heavy atom. The molecule has 1 aliphatic heterocycles. The van der Waals surface area contributed by atoms with Crippen LogP contribution >= 0.6 is 0 Å². The van der Waals surface area contributed by atoms with E-state index in [-0.39, 0.29) is 11.6 Å². The van der Waals surface area contributed by atoms with E-state index in [1.807, 2.05) is 19.1 Å². The first-order chi connectivity index (χ1) is 8.07. The third-order valence-electron chi connectivity index (χ3n) is 2.97. The summed E-state index contributed by atoms with van der Waals surface area (Å²) >= 11 is 0. The number of nitrogens with zero attached hydrogens (tertiary/aromatic N) is 1. The van der Waals surface area contributed by atoms with Crippen LogP contribution in [0.3, 0.4) is 0 Å². The predicted octanol–water partition coefficient (Wildman–Crippen LogP) is 2.57. The number of nitriles is 1. The number of rotatable bonds is 3. The van der Waals surface area contributed by atoms with Crippen LogP contribution in [0.4, 0.5) is 0 Å². The van der Waals surface area contributed by atoms with Crippen molar-refractivity contribution in [3.8, 4) is 11.8 Å². The van der Waals surface area contributed by atoms with Gasteiger partial charge in [0.05, 0.1) is 6.07 Å². The molecule has 0 spiro atoms. The molecule has 1 unspecified atom stereocenters. The van der Waals surface area contributed by atoms with Crippen LogP contribution in [0, 0.1) is 11.3 Å². The van der Waals surface area contributed by atoms with Gasteiger partial charge >= 0.3 is 0 Å². The van der Waals surface area contributed by atoms with Gasteiger partial charge in [-0.25, -0.2) is 0 Å². The molecule has 3 heteroatoms. The Labute approximate surface area is 102 Å². The molecule has 0 aromatic heterocycles. The second kappa shape index (κ2) is 4.38. The molecule has 17 heavy (non-hydrogen) atoms. The second-order valence-corrected chi connectivity index (χ2v) is 4.99. The fraction of sp³-hybridized carbons (Fsp3) is 0.500. The van der Waals surface area contributed by atoms with Gasteiger partial charge in [-0.1, -0.05) is 25.1 Å². The maximum absolute atomic E-state index is 9.20. The van der Waals surface area contributed by atoms with E-state index >= 15 is 0 Å². The fourth-order valence-electron chi connectivity index (χ4n) is 2.30. The highest BCUT2D eigenvalue weighted by molar-refractivity contribution is 5.48. The Kier molecular flexibility index (Phi) is 3.08. The number of para-hydroxylation sites is 1. The summed E-state index contributed by atoms with van der Waals surface area (Å²) in [6.07, 6.45) is 0.903. The molecular formula is C14H18N2O. The van der Waals surface area contributed by atoms with Crippen LogP contribution in [0.5, 0.6) is 5.75 Å². The standard InChI is InChI=1S/C14H18N2O/c1-4-16-12(9-15)11-7-5-6-10-8-14(2,3)17-13(10)11/h5-7,12,16H,4,8H2,1-3H3. The highest BCUT2D eigenvalue weighted by Gasteiger charge is 2.33. The smallest absolute Gasteiger partial charge is 0.129 e. The summed E-state index contributed by atoms with van der Waals surface area (Å²) in [7, 11) is 0. The Bertz CT molecular complexity index is 460. The summed E-state index contributed by atoms with van der Waals surface area (Å²) < 4.78 is 5.96. The van der Waals surface area contributed by atoms with Crippen molar-refractivity contribution in [3.63, 3.8) is 0 Å². The van der Waals surface area contributed by atoms with E-state index in [9.17, 15) is 5.26 Å². The molecule has 90 valence electrons. The Balaban J connectivity index is 2.39. The average Bonchev–Trinajstić information content (AvgIpc) is 2.59. The molecule has 1 aliphatic rings. The molecule has 0 saturated heterocycles. The molecular weight excluding hydrogens is 212 g/mol. The van der Waals surface area contributed by atoms with E-state index < -0.39 is 0 Å². The van der Waals surface area contributed by atoms with Gasteiger partial charge in [0.2, 0.25) is 0 Å². The third-order valence-corrected chi connectivity index (χ3v) is 2.97. The zero-order valence-electron chi connectivity index (χ0n) is 10.6. The molecule has 0 aliphatic carbocycles. The number of fused-ring (bicyclic) bond motifs is 1. The zero-order chi connectivity index (χ0) is 12.5. The van der Waals surface area contributed by atoms with Crippen LogP contribution in [-0.4, -0.2) is 12.1 Å². The first-order valence-electron chi connectivity index (χ1n) is 6.01. The lowest BCUT2D eigenvalue weighted by atomic mass is 9.98. The van der Waals surface area contributed by atoms with E-state index in [4.69, 9.17) is 4.74 Å². The molecule has 0 bridgehead atoms. The second-order valence-electron chi connectivity index (χ2n) is 4.99. The highest BCUT2D eigenvalue weighted by atomic mass is 16.5. The van der Waals surface area contributed by atoms with Gasteiger partial charge in [-0.2, -0.15) is 5.26 Å². The molecule has 1 aromatic rings. The van der Waals surface area contributed by atoms with E-state index in [0.29, 0.717) is 0 Å². The lowest BCUT2D eigenvalue weighted by molar-refractivity contribution is 0.137. The maximum atomic E-state index is 9.20. The Hall–Kier alpha value is -1.53. The van der Waals surface area contributed by atoms with E-state index in [1.165, 1.54) is 5.56 Å². The minimum absolute atomic E-state index is 0.162. The number of ether oxygens (including phenoxy) is 1. The van der Waals surface area contributed by atoms with Gasteiger partial charge in [0.1, 0.15) is 17.4 Å². The van der Waals surface area contributed by atoms with Gasteiger partial charge in [0, 0.05) is 12.0 Å². The first-order valence-corrected chi connectivity index (χ1v) is 6.01. The molecule has 1 heterocycles. The van der Waals surface area contributed by atoms with Crippen molar-refractivity contribution in [1.82, 2.24) is 5.32 Å². The van der Waals surface area contributed by atoms with Crippen molar-refractivity contribution in [2.45, 2.75) is 38.8 Å². The normalized spacial score (nSPS) is 18.0. The van der Waals surface area contributed by atoms with Crippen LogP contribution in [0.25, 0.3) is 0 Å². The summed E-state index contributed by atoms with van der Waals surface area (Å²) in [5, 5.41) is 12.4. The van der Waals surface area contributed by atoms with Gasteiger partial charge < -0.3 is 4.74 Å². The summed E-state index contributed by atoms with van der Waals surface area (Å²) in [4.78, 5) is 0. The summed E-state index contributed by atoms with van der Waals surface area (Å²) in [5.41, 5.74) is 1.99. The van der Waals surface area contributed by atoms with E-state index in [0.717, 1.165) is 24.3 Å². The number of benzene rings is 1. The molecule has 0 saturated carbocycles. The molecule has 2 rings (SSSR count). The molecule has 0 amide bonds. The van der Waals surface area contributed by atoms with Crippen LogP contribution in [0.2, 0.25) is 0 Å². The van der Waals surface area contributed by atoms with Gasteiger partial charge in [-0.3, -0.25) is 5.32 Å². The monoisotopic (exact) mass is 230 g/mol. The van der Waals surface area contributed by atoms with Crippen LogP contribution in [0.15, 0.2) is 18.2 Å². The van der Waals surface area contributed by atoms with Crippen molar-refractivity contribution >= 4 is 0 Å². The van der Waals surface area contributed by atoms with Crippen LogP contribution in [-0.2, 0) is 6.42 Å². The van der Waals surface area contributed by atoms with Crippen LogP contribution in [0.1, 0.15) is 37.9 Å². The predicted molar refractivity (Wildman–Crippen MR) is 66.9 cm³/mol. The molecule has 1 aromatic carbocycles. The topological polar surface area (TPSA) is 45.0 Å². The largest absolute Gasteiger partial charge is 0.487 e. The molecule has 3 nitrogen and oxygen atoms in total. The Morgan fingerprint density at radius 2 is 2.29 bits per heavy atom. The molecule has 1 atom stereocenters. The first kappa shape index (κ1) is 11.9. The molecule has 1 N–H and O–H groups in total. The van der Waals surface area contributed by atoms with Crippen molar-refractivity contribution in [2.75, 3.05) is 6.54 Å². The van der Waals surface area contributed by atoms with Crippen LogP contribution < -0.4 is 10.1 Å². The van der Waals surface area contributed by atoms with E-state index in [1.54, 1.807) is 0 Å². The molecule has 0 radical (unpaired) electrons. The van der Waals surface area contributed by atoms with Crippen molar-refractivity contribution in [1.29, 1.82) is 5.26 Å². The van der Waals surface area contributed by atoms with Gasteiger partial charge in [0.15, 0.2) is 0 Å². The SMILES string of the molecule is CCNC(C#N)c1cccc2c1OC(C)(C)C2. The van der Waals surface area contributed by atoms with Crippen molar-refractivity contribution < 1.29 is 4.74 Å². The number of hydrogen-bond donors (Lipinski definition) is 1. The lowest BCUT2D eigenvalue weighted by Crippen LogP contribution is -2.25. The minimum Gasteiger partial charge on any atom is -0.487 e. The highest BCUT2D eigenvalue weighted by Crippen LogP contribution is 2.39. The maximum Gasteiger partial charge on any atom is 0.129 e. The Morgan fingerprint density at radius 1 is 1.53 bits per heavy atom. The van der Waals surface area contributed by atoms with Gasteiger partial charge in [0.25, 0.3) is 0 Å². The lowest BCUT2D eigenvalue weighted by Gasteiger charge is -2.19. The molecule has 0 fully saturated rings. The van der Waals surface area contributed by atoms with Crippen molar-refractivity contribution in [3.05, 3.63) is 29.3 Å². The fourth-order valence-corrected chi connectivity index (χ4v) is 2.30. The summed E-state index contributed by atoms with van der Waals surface area (Å²) in [6.45, 7) is 6.92. The minimum atomic E-state index is -0.288. The van der Waals surface area contributed by atoms with Crippen molar-refractivity contribution in [2.24, 2.45) is 0 Å². The third kappa shape index (κ3) is 2.27. The average molecular weight is 230 g/mol. The number of nitrogens with one attached hydrogen (secondary N) is 1. The number of hydrogen-bond acceptors (Lipinski definition) is 3. The van der Waals surface area contributed by atoms with E-state index in [2.05, 4.69) is 31.3 Å². The summed E-state index contributed by atoms with van der Waals surface area (Å²) in [5.74, 6) is 0.894. The zero-order valence-corrected chi connectivity index (χ0v) is 10.6.